The van der Waals surface area contributed by atoms with Crippen LogP contribution in [0.5, 0.6) is 17.2 Å². The van der Waals surface area contributed by atoms with Gasteiger partial charge in [-0.3, -0.25) is 4.79 Å². The molecule has 0 aliphatic carbocycles. The van der Waals surface area contributed by atoms with Gasteiger partial charge in [-0.25, -0.2) is 0 Å². The number of carbonyl (C=O) groups excluding carboxylic acids is 1. The van der Waals surface area contributed by atoms with Crippen LogP contribution in [0, 0.1) is 6.92 Å². The third kappa shape index (κ3) is 5.17. The van der Waals surface area contributed by atoms with Crippen LogP contribution < -0.4 is 14.2 Å². The summed E-state index contributed by atoms with van der Waals surface area (Å²) in [5.41, 5.74) is 1.55. The fourth-order valence-corrected chi connectivity index (χ4v) is 2.24. The van der Waals surface area contributed by atoms with Crippen LogP contribution in [0.25, 0.3) is 0 Å². The standard InChI is InChI=1S/C19H21ClO4/c1-3-22-19-12-15(13-21)5-8-18(19)24-10-4-9-23-16-6-7-17(20)14(2)11-16/h5-8,11-13H,3-4,9-10H2,1-2H3. The average Bonchev–Trinajstić information content (AvgIpc) is 2.59. The van der Waals surface area contributed by atoms with Gasteiger partial charge in [0, 0.05) is 17.0 Å². The lowest BCUT2D eigenvalue weighted by molar-refractivity contribution is 0.112. The minimum absolute atomic E-state index is 0.493. The summed E-state index contributed by atoms with van der Waals surface area (Å²) in [5, 5.41) is 0.730. The summed E-state index contributed by atoms with van der Waals surface area (Å²) in [6, 6.07) is 10.7. The zero-order valence-corrected chi connectivity index (χ0v) is 14.6. The van der Waals surface area contributed by atoms with E-state index < -0.39 is 0 Å². The highest BCUT2D eigenvalue weighted by Gasteiger charge is 2.06. The van der Waals surface area contributed by atoms with Gasteiger partial charge >= 0.3 is 0 Å². The van der Waals surface area contributed by atoms with Crippen LogP contribution in [0.15, 0.2) is 36.4 Å². The van der Waals surface area contributed by atoms with Crippen LogP contribution in [-0.2, 0) is 0 Å². The normalized spacial score (nSPS) is 10.3. The van der Waals surface area contributed by atoms with Crippen LogP contribution in [0.2, 0.25) is 5.02 Å². The molecule has 0 aliphatic rings. The minimum Gasteiger partial charge on any atom is -0.493 e. The molecule has 5 heteroatoms. The zero-order chi connectivity index (χ0) is 17.4. The summed E-state index contributed by atoms with van der Waals surface area (Å²) >= 11 is 5.99. The quantitative estimate of drug-likeness (QED) is 0.486. The Morgan fingerprint density at radius 3 is 2.50 bits per heavy atom. The number of hydrogen-bond donors (Lipinski definition) is 0. The molecular formula is C19H21ClO4. The van der Waals surface area contributed by atoms with Crippen molar-refractivity contribution in [3.8, 4) is 17.2 Å². The van der Waals surface area contributed by atoms with Crippen molar-refractivity contribution in [1.82, 2.24) is 0 Å². The third-order valence-electron chi connectivity index (χ3n) is 3.35. The second kappa shape index (κ2) is 9.18. The molecule has 2 aromatic carbocycles. The fraction of sp³-hybridized carbons (Fsp3) is 0.316. The van der Waals surface area contributed by atoms with Crippen LogP contribution in [0.4, 0.5) is 0 Å². The molecule has 0 heterocycles. The first-order chi connectivity index (χ1) is 11.6. The fourth-order valence-electron chi connectivity index (χ4n) is 2.12. The average molecular weight is 349 g/mol. The molecule has 2 aromatic rings. The highest BCUT2D eigenvalue weighted by atomic mass is 35.5. The van der Waals surface area contributed by atoms with Crippen LogP contribution >= 0.6 is 11.6 Å². The van der Waals surface area contributed by atoms with E-state index in [0.717, 1.165) is 29.0 Å². The predicted molar refractivity (Wildman–Crippen MR) is 94.8 cm³/mol. The first kappa shape index (κ1) is 18.1. The summed E-state index contributed by atoms with van der Waals surface area (Å²) < 4.78 is 16.9. The molecule has 0 fully saturated rings. The number of benzene rings is 2. The first-order valence-corrected chi connectivity index (χ1v) is 8.25. The van der Waals surface area contributed by atoms with Gasteiger partial charge in [-0.15, -0.1) is 0 Å². The summed E-state index contributed by atoms with van der Waals surface area (Å²) in [6.45, 7) is 5.37. The van der Waals surface area contributed by atoms with Crippen molar-refractivity contribution in [2.75, 3.05) is 19.8 Å². The number of carbonyl (C=O) groups is 1. The molecule has 24 heavy (non-hydrogen) atoms. The second-order valence-electron chi connectivity index (χ2n) is 5.22. The number of rotatable bonds is 9. The Kier molecular flexibility index (Phi) is 6.94. The summed E-state index contributed by atoms with van der Waals surface area (Å²) in [4.78, 5) is 10.8. The van der Waals surface area contributed by atoms with E-state index in [2.05, 4.69) is 0 Å². The molecule has 0 unspecified atom stereocenters. The summed E-state index contributed by atoms with van der Waals surface area (Å²) in [5.74, 6) is 2.00. The van der Waals surface area contributed by atoms with E-state index in [9.17, 15) is 4.79 Å². The van der Waals surface area contributed by atoms with Gasteiger partial charge in [0.15, 0.2) is 11.5 Å². The molecule has 128 valence electrons. The Morgan fingerprint density at radius 2 is 1.79 bits per heavy atom. The largest absolute Gasteiger partial charge is 0.493 e. The molecule has 0 bridgehead atoms. The van der Waals surface area contributed by atoms with Gasteiger partial charge in [-0.05, 0) is 55.8 Å². The number of aldehydes is 1. The van der Waals surface area contributed by atoms with E-state index >= 15 is 0 Å². The van der Waals surface area contributed by atoms with Crippen LogP contribution in [0.3, 0.4) is 0 Å². The highest BCUT2D eigenvalue weighted by molar-refractivity contribution is 6.31. The Morgan fingerprint density at radius 1 is 1.00 bits per heavy atom. The van der Waals surface area contributed by atoms with E-state index in [0.29, 0.717) is 36.9 Å². The van der Waals surface area contributed by atoms with Crippen molar-refractivity contribution < 1.29 is 19.0 Å². The van der Waals surface area contributed by atoms with Gasteiger partial charge in [0.25, 0.3) is 0 Å². The molecule has 4 nitrogen and oxygen atoms in total. The lowest BCUT2D eigenvalue weighted by atomic mass is 10.2. The van der Waals surface area contributed by atoms with Crippen molar-refractivity contribution in [3.63, 3.8) is 0 Å². The molecule has 0 N–H and O–H groups in total. The molecule has 0 saturated heterocycles. The van der Waals surface area contributed by atoms with E-state index in [1.54, 1.807) is 18.2 Å². The molecule has 0 aliphatic heterocycles. The lowest BCUT2D eigenvalue weighted by Crippen LogP contribution is -2.06. The maximum atomic E-state index is 10.8. The first-order valence-electron chi connectivity index (χ1n) is 7.87. The molecule has 0 amide bonds. The van der Waals surface area contributed by atoms with Crippen LogP contribution in [-0.4, -0.2) is 26.1 Å². The summed E-state index contributed by atoms with van der Waals surface area (Å²) in [6.07, 6.45) is 1.51. The van der Waals surface area contributed by atoms with E-state index in [1.807, 2.05) is 32.0 Å². The Balaban J connectivity index is 1.81. The van der Waals surface area contributed by atoms with Crippen molar-refractivity contribution in [2.45, 2.75) is 20.3 Å². The van der Waals surface area contributed by atoms with E-state index in [1.165, 1.54) is 0 Å². The monoisotopic (exact) mass is 348 g/mol. The number of halogens is 1. The van der Waals surface area contributed by atoms with Gasteiger partial charge in [0.05, 0.1) is 19.8 Å². The topological polar surface area (TPSA) is 44.8 Å². The minimum atomic E-state index is 0.493. The molecular weight excluding hydrogens is 328 g/mol. The zero-order valence-electron chi connectivity index (χ0n) is 13.9. The van der Waals surface area contributed by atoms with Crippen LogP contribution in [0.1, 0.15) is 29.3 Å². The molecule has 0 atom stereocenters. The maximum Gasteiger partial charge on any atom is 0.161 e. The summed E-state index contributed by atoms with van der Waals surface area (Å²) in [7, 11) is 0. The Bertz CT molecular complexity index is 685. The highest BCUT2D eigenvalue weighted by Crippen LogP contribution is 2.28. The second-order valence-corrected chi connectivity index (χ2v) is 5.63. The van der Waals surface area contributed by atoms with Gasteiger partial charge in [0.2, 0.25) is 0 Å². The number of aryl methyl sites for hydroxylation is 1. The van der Waals surface area contributed by atoms with Gasteiger partial charge in [-0.2, -0.15) is 0 Å². The third-order valence-corrected chi connectivity index (χ3v) is 3.77. The van der Waals surface area contributed by atoms with Crippen molar-refractivity contribution in [2.24, 2.45) is 0 Å². The molecule has 0 radical (unpaired) electrons. The smallest absolute Gasteiger partial charge is 0.161 e. The Labute approximate surface area is 147 Å². The van der Waals surface area contributed by atoms with Gasteiger partial charge in [0.1, 0.15) is 12.0 Å². The molecule has 0 spiro atoms. The molecule has 2 rings (SSSR count). The van der Waals surface area contributed by atoms with Gasteiger partial charge in [-0.1, -0.05) is 11.6 Å². The van der Waals surface area contributed by atoms with E-state index in [-0.39, 0.29) is 0 Å². The van der Waals surface area contributed by atoms with E-state index in [4.69, 9.17) is 25.8 Å². The Hall–Kier alpha value is -2.20. The van der Waals surface area contributed by atoms with Gasteiger partial charge < -0.3 is 14.2 Å². The number of ether oxygens (including phenoxy) is 3. The molecule has 0 aromatic heterocycles. The SMILES string of the molecule is CCOc1cc(C=O)ccc1OCCCOc1ccc(Cl)c(C)c1. The van der Waals surface area contributed by atoms with Crippen molar-refractivity contribution in [3.05, 3.63) is 52.5 Å². The number of hydrogen-bond acceptors (Lipinski definition) is 4. The molecule has 0 saturated carbocycles. The predicted octanol–water partition coefficient (Wildman–Crippen LogP) is 4.71. The van der Waals surface area contributed by atoms with Crippen molar-refractivity contribution in [1.29, 1.82) is 0 Å². The lowest BCUT2D eigenvalue weighted by Gasteiger charge is -2.13. The van der Waals surface area contributed by atoms with Crippen molar-refractivity contribution >= 4 is 17.9 Å². The maximum absolute atomic E-state index is 10.8.